The van der Waals surface area contributed by atoms with Crippen molar-refractivity contribution < 1.29 is 22.7 Å². The van der Waals surface area contributed by atoms with E-state index in [1.54, 1.807) is 6.07 Å². The lowest BCUT2D eigenvalue weighted by atomic mass is 9.86. The first-order chi connectivity index (χ1) is 13.9. The Morgan fingerprint density at radius 1 is 1.03 bits per heavy atom. The molecule has 1 amide bonds. The number of hydrogen-bond acceptors (Lipinski definition) is 5. The molecule has 3 fully saturated rings. The molecule has 0 unspecified atom stereocenters. The molecule has 1 aromatic rings. The number of sulfonamides is 1. The van der Waals surface area contributed by atoms with Gasteiger partial charge < -0.3 is 14.4 Å². The maximum Gasteiger partial charge on any atom is 0.243 e. The molecule has 0 radical (unpaired) electrons. The summed E-state index contributed by atoms with van der Waals surface area (Å²) in [5, 5.41) is 0. The first-order valence-electron chi connectivity index (χ1n) is 10.4. The van der Waals surface area contributed by atoms with E-state index < -0.39 is 10.0 Å². The maximum atomic E-state index is 13.0. The second-order valence-corrected chi connectivity index (χ2v) is 10.4. The standard InChI is InChI=1S/C21H30N2O5S/c1-27-19-6-5-18(14-20(19)28-2)29(25,26)23-9-7-22(8-10-23)21(24)13-17-12-15-3-4-16(17)11-15/h5-6,14-17H,3-4,7-13H2,1-2H3/t15-,16-,17-/m1/s1. The van der Waals surface area contributed by atoms with E-state index in [0.717, 1.165) is 11.8 Å². The third kappa shape index (κ3) is 3.97. The summed E-state index contributed by atoms with van der Waals surface area (Å²) < 4.78 is 37.9. The zero-order valence-electron chi connectivity index (χ0n) is 17.2. The molecule has 0 N–H and O–H groups in total. The summed E-state index contributed by atoms with van der Waals surface area (Å²) >= 11 is 0. The van der Waals surface area contributed by atoms with Crippen LogP contribution in [0.3, 0.4) is 0 Å². The number of piperazine rings is 1. The molecular formula is C21H30N2O5S. The number of rotatable bonds is 6. The number of hydrogen-bond donors (Lipinski definition) is 0. The average Bonchev–Trinajstić information content (AvgIpc) is 3.36. The highest BCUT2D eigenvalue weighted by molar-refractivity contribution is 7.89. The lowest BCUT2D eigenvalue weighted by Crippen LogP contribution is -2.50. The van der Waals surface area contributed by atoms with E-state index in [9.17, 15) is 13.2 Å². The number of fused-ring (bicyclic) bond motifs is 2. The van der Waals surface area contributed by atoms with Gasteiger partial charge in [0.2, 0.25) is 15.9 Å². The van der Waals surface area contributed by atoms with Gasteiger partial charge in [0.25, 0.3) is 0 Å². The van der Waals surface area contributed by atoms with Crippen LogP contribution in [0.1, 0.15) is 32.1 Å². The molecule has 2 bridgehead atoms. The third-order valence-corrected chi connectivity index (χ3v) is 8.80. The van der Waals surface area contributed by atoms with E-state index in [4.69, 9.17) is 9.47 Å². The summed E-state index contributed by atoms with van der Waals surface area (Å²) in [6, 6.07) is 4.62. The summed E-state index contributed by atoms with van der Waals surface area (Å²) in [5.41, 5.74) is 0. The predicted octanol–water partition coefficient (Wildman–Crippen LogP) is 2.36. The minimum absolute atomic E-state index is 0.178. The highest BCUT2D eigenvalue weighted by Crippen LogP contribution is 2.49. The normalized spacial score (nSPS) is 27.2. The second kappa shape index (κ2) is 8.14. The molecule has 7 nitrogen and oxygen atoms in total. The van der Waals surface area contributed by atoms with E-state index in [1.807, 2.05) is 4.90 Å². The summed E-state index contributed by atoms with van der Waals surface area (Å²) in [4.78, 5) is 14.8. The molecule has 2 aliphatic carbocycles. The highest BCUT2D eigenvalue weighted by Gasteiger charge is 2.41. The van der Waals surface area contributed by atoms with E-state index in [-0.39, 0.29) is 10.8 Å². The first-order valence-corrected chi connectivity index (χ1v) is 11.9. The Hall–Kier alpha value is -1.80. The number of nitrogens with zero attached hydrogens (tertiary/aromatic N) is 2. The van der Waals surface area contributed by atoms with Crippen LogP contribution >= 0.6 is 0 Å². The quantitative estimate of drug-likeness (QED) is 0.703. The van der Waals surface area contributed by atoms with Crippen molar-refractivity contribution in [3.8, 4) is 11.5 Å². The molecule has 0 spiro atoms. The first kappa shape index (κ1) is 20.5. The van der Waals surface area contributed by atoms with E-state index >= 15 is 0 Å². The molecule has 1 heterocycles. The molecule has 1 saturated heterocycles. The van der Waals surface area contributed by atoms with Crippen LogP contribution in [0.5, 0.6) is 11.5 Å². The topological polar surface area (TPSA) is 76.2 Å². The minimum atomic E-state index is -3.64. The van der Waals surface area contributed by atoms with Crippen LogP contribution in [-0.4, -0.2) is 63.9 Å². The predicted molar refractivity (Wildman–Crippen MR) is 108 cm³/mol. The fourth-order valence-corrected chi connectivity index (χ4v) is 6.72. The Morgan fingerprint density at radius 2 is 1.76 bits per heavy atom. The van der Waals surface area contributed by atoms with Gasteiger partial charge in [0, 0.05) is 38.7 Å². The maximum absolute atomic E-state index is 13.0. The lowest BCUT2D eigenvalue weighted by molar-refractivity contribution is -0.133. The summed E-state index contributed by atoms with van der Waals surface area (Å²) in [5.74, 6) is 3.16. The fourth-order valence-electron chi connectivity index (χ4n) is 5.28. The van der Waals surface area contributed by atoms with Crippen molar-refractivity contribution in [1.29, 1.82) is 0 Å². The molecular weight excluding hydrogens is 392 g/mol. The van der Waals surface area contributed by atoms with Gasteiger partial charge in [-0.05, 0) is 49.1 Å². The van der Waals surface area contributed by atoms with Gasteiger partial charge in [-0.15, -0.1) is 0 Å². The molecule has 2 saturated carbocycles. The molecule has 8 heteroatoms. The number of benzene rings is 1. The molecule has 3 atom stereocenters. The van der Waals surface area contributed by atoms with Gasteiger partial charge >= 0.3 is 0 Å². The highest BCUT2D eigenvalue weighted by atomic mass is 32.2. The Kier molecular flexibility index (Phi) is 5.75. The fraction of sp³-hybridized carbons (Fsp3) is 0.667. The van der Waals surface area contributed by atoms with Crippen molar-refractivity contribution in [1.82, 2.24) is 9.21 Å². The van der Waals surface area contributed by atoms with E-state index in [1.165, 1.54) is 56.3 Å². The van der Waals surface area contributed by atoms with Crippen LogP contribution in [0.15, 0.2) is 23.1 Å². The van der Waals surface area contributed by atoms with Gasteiger partial charge in [-0.2, -0.15) is 4.31 Å². The summed E-state index contributed by atoms with van der Waals surface area (Å²) in [6.07, 6.45) is 5.74. The average molecular weight is 423 g/mol. The van der Waals surface area contributed by atoms with Crippen LogP contribution in [0.2, 0.25) is 0 Å². The molecule has 160 valence electrons. The van der Waals surface area contributed by atoms with Crippen molar-refractivity contribution in [2.24, 2.45) is 17.8 Å². The van der Waals surface area contributed by atoms with Gasteiger partial charge in [0.1, 0.15) is 0 Å². The third-order valence-electron chi connectivity index (χ3n) is 6.91. The lowest BCUT2D eigenvalue weighted by Gasteiger charge is -2.35. The molecule has 0 aromatic heterocycles. The zero-order valence-corrected chi connectivity index (χ0v) is 18.0. The Morgan fingerprint density at radius 3 is 2.34 bits per heavy atom. The van der Waals surface area contributed by atoms with Gasteiger partial charge in [-0.3, -0.25) is 4.79 Å². The molecule has 29 heavy (non-hydrogen) atoms. The van der Waals surface area contributed by atoms with Crippen LogP contribution in [-0.2, 0) is 14.8 Å². The minimum Gasteiger partial charge on any atom is -0.493 e. The van der Waals surface area contributed by atoms with Crippen molar-refractivity contribution in [3.05, 3.63) is 18.2 Å². The summed E-state index contributed by atoms with van der Waals surface area (Å²) in [6.45, 7) is 1.54. The molecule has 1 aromatic carbocycles. The van der Waals surface area contributed by atoms with Crippen LogP contribution in [0.4, 0.5) is 0 Å². The Labute approximate surface area is 173 Å². The monoisotopic (exact) mass is 422 g/mol. The van der Waals surface area contributed by atoms with Crippen molar-refractivity contribution in [3.63, 3.8) is 0 Å². The van der Waals surface area contributed by atoms with Crippen molar-refractivity contribution >= 4 is 15.9 Å². The van der Waals surface area contributed by atoms with Gasteiger partial charge in [0.05, 0.1) is 19.1 Å². The Bertz CT molecular complexity index is 864. The van der Waals surface area contributed by atoms with Crippen molar-refractivity contribution in [2.45, 2.75) is 37.0 Å². The van der Waals surface area contributed by atoms with Gasteiger partial charge in [-0.25, -0.2) is 8.42 Å². The number of carbonyl (C=O) groups is 1. The van der Waals surface area contributed by atoms with Gasteiger partial charge in [-0.1, -0.05) is 6.42 Å². The Balaban J connectivity index is 1.36. The number of methoxy groups -OCH3 is 2. The van der Waals surface area contributed by atoms with Crippen LogP contribution in [0.25, 0.3) is 0 Å². The van der Waals surface area contributed by atoms with E-state index in [2.05, 4.69) is 0 Å². The smallest absolute Gasteiger partial charge is 0.243 e. The summed E-state index contributed by atoms with van der Waals surface area (Å²) in [7, 11) is -0.644. The number of ether oxygens (including phenoxy) is 2. The molecule has 3 aliphatic rings. The second-order valence-electron chi connectivity index (χ2n) is 8.44. The van der Waals surface area contributed by atoms with E-state index in [0.29, 0.717) is 50.0 Å². The zero-order chi connectivity index (χ0) is 20.6. The van der Waals surface area contributed by atoms with Gasteiger partial charge in [0.15, 0.2) is 11.5 Å². The number of amides is 1. The SMILES string of the molecule is COc1ccc(S(=O)(=O)N2CCN(C(=O)C[C@H]3C[C@@H]4CC[C@@H]3C4)CC2)cc1OC. The van der Waals surface area contributed by atoms with Crippen LogP contribution in [0, 0.1) is 17.8 Å². The number of carbonyl (C=O) groups excluding carboxylic acids is 1. The molecule has 4 rings (SSSR count). The van der Waals surface area contributed by atoms with Crippen LogP contribution < -0.4 is 9.47 Å². The largest absolute Gasteiger partial charge is 0.493 e. The van der Waals surface area contributed by atoms with Crippen molar-refractivity contribution in [2.75, 3.05) is 40.4 Å². The molecule has 1 aliphatic heterocycles.